The Hall–Kier alpha value is -2.37. The van der Waals surface area contributed by atoms with Crippen molar-refractivity contribution in [2.75, 3.05) is 13.2 Å². The monoisotopic (exact) mass is 294 g/mol. The normalized spacial score (nSPS) is 10.0. The van der Waals surface area contributed by atoms with Crippen molar-refractivity contribution in [1.29, 1.82) is 0 Å². The molecule has 0 radical (unpaired) electrons. The number of benzene rings is 1. The Balaban J connectivity index is 3.10. The van der Waals surface area contributed by atoms with E-state index in [4.69, 9.17) is 14.6 Å². The summed E-state index contributed by atoms with van der Waals surface area (Å²) in [6.45, 7) is 3.71. The Labute approximate surface area is 122 Å². The molecule has 0 atom stereocenters. The summed E-state index contributed by atoms with van der Waals surface area (Å²) in [6, 6.07) is 4.55. The molecular weight excluding hydrogens is 276 g/mol. The lowest BCUT2D eigenvalue weighted by Gasteiger charge is -2.10. The van der Waals surface area contributed by atoms with Gasteiger partial charge in [0.2, 0.25) is 0 Å². The van der Waals surface area contributed by atoms with Crippen LogP contribution in [0, 0.1) is 0 Å². The Bertz CT molecular complexity index is 535. The molecule has 1 N–H and O–H groups in total. The lowest BCUT2D eigenvalue weighted by atomic mass is 10.0. The van der Waals surface area contributed by atoms with Gasteiger partial charge in [-0.25, -0.2) is 9.59 Å². The van der Waals surface area contributed by atoms with Gasteiger partial charge < -0.3 is 14.6 Å². The van der Waals surface area contributed by atoms with E-state index in [0.717, 1.165) is 0 Å². The van der Waals surface area contributed by atoms with Gasteiger partial charge in [-0.15, -0.1) is 0 Å². The third kappa shape index (κ3) is 4.91. The molecule has 0 aliphatic heterocycles. The molecule has 0 heterocycles. The van der Waals surface area contributed by atoms with Crippen LogP contribution < -0.4 is 0 Å². The van der Waals surface area contributed by atoms with E-state index in [1.54, 1.807) is 19.9 Å². The van der Waals surface area contributed by atoms with Crippen molar-refractivity contribution in [2.45, 2.75) is 26.7 Å². The molecule has 6 nitrogen and oxygen atoms in total. The van der Waals surface area contributed by atoms with E-state index < -0.39 is 17.9 Å². The molecule has 1 aromatic carbocycles. The van der Waals surface area contributed by atoms with Crippen molar-refractivity contribution < 1.29 is 29.0 Å². The third-order valence-electron chi connectivity index (χ3n) is 2.70. The minimum Gasteiger partial charge on any atom is -0.481 e. The molecule has 0 aliphatic carbocycles. The van der Waals surface area contributed by atoms with Crippen molar-refractivity contribution in [3.8, 4) is 0 Å². The van der Waals surface area contributed by atoms with Crippen LogP contribution in [0.1, 0.15) is 46.5 Å². The Morgan fingerprint density at radius 2 is 1.57 bits per heavy atom. The number of carboxylic acid groups (broad SMARTS) is 1. The number of aliphatic carboxylic acids is 1. The highest BCUT2D eigenvalue weighted by Gasteiger charge is 2.19. The quantitative estimate of drug-likeness (QED) is 0.774. The third-order valence-corrected chi connectivity index (χ3v) is 2.70. The minimum absolute atomic E-state index is 0.0545. The number of hydrogen-bond acceptors (Lipinski definition) is 5. The number of ether oxygens (including phenoxy) is 2. The maximum Gasteiger partial charge on any atom is 0.339 e. The number of carbonyl (C=O) groups is 3. The molecule has 0 bridgehead atoms. The lowest BCUT2D eigenvalue weighted by molar-refractivity contribution is -0.136. The van der Waals surface area contributed by atoms with Crippen LogP contribution in [0.3, 0.4) is 0 Å². The van der Waals surface area contributed by atoms with Gasteiger partial charge in [-0.2, -0.15) is 0 Å². The van der Waals surface area contributed by atoms with Crippen LogP contribution in [0.15, 0.2) is 18.2 Å². The fraction of sp³-hybridized carbons (Fsp3) is 0.400. The first-order valence-electron chi connectivity index (χ1n) is 6.68. The van der Waals surface area contributed by atoms with E-state index in [-0.39, 0.29) is 37.2 Å². The second-order valence-electron chi connectivity index (χ2n) is 4.21. The van der Waals surface area contributed by atoms with Crippen molar-refractivity contribution >= 4 is 17.9 Å². The molecule has 21 heavy (non-hydrogen) atoms. The first kappa shape index (κ1) is 16.7. The SMILES string of the molecule is CCOC(=O)c1ccc(CCC(=O)O)cc1C(=O)OCC. The molecule has 1 rings (SSSR count). The molecular formula is C15H18O6. The van der Waals surface area contributed by atoms with Gasteiger partial charge in [0.15, 0.2) is 0 Å². The predicted molar refractivity (Wildman–Crippen MR) is 74.3 cm³/mol. The van der Waals surface area contributed by atoms with E-state index in [2.05, 4.69) is 0 Å². The number of hydrogen-bond donors (Lipinski definition) is 1. The summed E-state index contributed by atoms with van der Waals surface area (Å²) in [7, 11) is 0. The van der Waals surface area contributed by atoms with Crippen LogP contribution in [0.25, 0.3) is 0 Å². The van der Waals surface area contributed by atoms with Crippen LogP contribution in [0.5, 0.6) is 0 Å². The topological polar surface area (TPSA) is 89.9 Å². The molecule has 1 aromatic rings. The second kappa shape index (κ2) is 8.04. The highest BCUT2D eigenvalue weighted by atomic mass is 16.5. The Morgan fingerprint density at radius 3 is 2.10 bits per heavy atom. The fourth-order valence-electron chi connectivity index (χ4n) is 1.76. The highest BCUT2D eigenvalue weighted by Crippen LogP contribution is 2.16. The van der Waals surface area contributed by atoms with E-state index in [1.807, 2.05) is 0 Å². The molecule has 0 saturated carbocycles. The summed E-state index contributed by atoms with van der Waals surface area (Å²) in [5, 5.41) is 8.68. The number of carbonyl (C=O) groups excluding carboxylic acids is 2. The van der Waals surface area contributed by atoms with Gasteiger partial charge in [0.05, 0.1) is 24.3 Å². The molecule has 0 spiro atoms. The molecule has 0 aliphatic rings. The second-order valence-corrected chi connectivity index (χ2v) is 4.21. The first-order valence-corrected chi connectivity index (χ1v) is 6.68. The van der Waals surface area contributed by atoms with Crippen molar-refractivity contribution in [1.82, 2.24) is 0 Å². The van der Waals surface area contributed by atoms with Gasteiger partial charge in [-0.05, 0) is 38.0 Å². The zero-order chi connectivity index (χ0) is 15.8. The number of aryl methyl sites for hydroxylation is 1. The minimum atomic E-state index is -0.929. The highest BCUT2D eigenvalue weighted by molar-refractivity contribution is 6.03. The van der Waals surface area contributed by atoms with Crippen LogP contribution >= 0.6 is 0 Å². The average Bonchev–Trinajstić information content (AvgIpc) is 2.45. The molecule has 0 fully saturated rings. The Kier molecular flexibility index (Phi) is 6.39. The molecule has 0 aromatic heterocycles. The van der Waals surface area contributed by atoms with Gasteiger partial charge in [-0.1, -0.05) is 6.07 Å². The summed E-state index contributed by atoms with van der Waals surface area (Å²) in [5.41, 5.74) is 0.862. The molecule has 0 saturated heterocycles. The average molecular weight is 294 g/mol. The van der Waals surface area contributed by atoms with Crippen LogP contribution in [-0.2, 0) is 20.7 Å². The largest absolute Gasteiger partial charge is 0.481 e. The maximum absolute atomic E-state index is 11.9. The van der Waals surface area contributed by atoms with E-state index >= 15 is 0 Å². The van der Waals surface area contributed by atoms with Gasteiger partial charge in [0, 0.05) is 6.42 Å². The number of rotatable bonds is 7. The van der Waals surface area contributed by atoms with Crippen LogP contribution in [0.4, 0.5) is 0 Å². The Morgan fingerprint density at radius 1 is 1.00 bits per heavy atom. The van der Waals surface area contributed by atoms with Gasteiger partial charge in [0.1, 0.15) is 0 Å². The lowest BCUT2D eigenvalue weighted by Crippen LogP contribution is -2.14. The van der Waals surface area contributed by atoms with E-state index in [1.165, 1.54) is 12.1 Å². The summed E-state index contributed by atoms with van der Waals surface area (Å²) >= 11 is 0. The van der Waals surface area contributed by atoms with Crippen LogP contribution in [0.2, 0.25) is 0 Å². The summed E-state index contributed by atoms with van der Waals surface area (Å²) in [5.74, 6) is -2.16. The zero-order valence-corrected chi connectivity index (χ0v) is 12.0. The predicted octanol–water partition coefficient (Wildman–Crippen LogP) is 2.06. The zero-order valence-electron chi connectivity index (χ0n) is 12.0. The summed E-state index contributed by atoms with van der Waals surface area (Å²) < 4.78 is 9.81. The number of carboxylic acids is 1. The van der Waals surface area contributed by atoms with E-state index in [0.29, 0.717) is 5.56 Å². The van der Waals surface area contributed by atoms with Gasteiger partial charge in [-0.3, -0.25) is 4.79 Å². The van der Waals surface area contributed by atoms with Crippen molar-refractivity contribution in [3.63, 3.8) is 0 Å². The molecule has 6 heteroatoms. The smallest absolute Gasteiger partial charge is 0.339 e. The summed E-state index contributed by atoms with van der Waals surface area (Å²) in [6.07, 6.45) is 0.214. The van der Waals surface area contributed by atoms with E-state index in [9.17, 15) is 14.4 Å². The molecule has 0 unspecified atom stereocenters. The fourth-order valence-corrected chi connectivity index (χ4v) is 1.76. The van der Waals surface area contributed by atoms with Crippen molar-refractivity contribution in [3.05, 3.63) is 34.9 Å². The molecule has 114 valence electrons. The molecule has 0 amide bonds. The summed E-state index contributed by atoms with van der Waals surface area (Å²) in [4.78, 5) is 34.3. The maximum atomic E-state index is 11.9. The standard InChI is InChI=1S/C15H18O6/c1-3-20-14(18)11-7-5-10(6-8-13(16)17)9-12(11)15(19)21-4-2/h5,7,9H,3-4,6,8H2,1-2H3,(H,16,17). The van der Waals surface area contributed by atoms with Gasteiger partial charge >= 0.3 is 17.9 Å². The first-order chi connectivity index (χ1) is 9.99. The number of esters is 2. The van der Waals surface area contributed by atoms with Crippen LogP contribution in [-0.4, -0.2) is 36.2 Å². The van der Waals surface area contributed by atoms with Gasteiger partial charge in [0.25, 0.3) is 0 Å². The van der Waals surface area contributed by atoms with Crippen molar-refractivity contribution in [2.24, 2.45) is 0 Å².